The first-order chi connectivity index (χ1) is 20.5. The van der Waals surface area contributed by atoms with Crippen molar-refractivity contribution in [2.75, 3.05) is 19.4 Å². The van der Waals surface area contributed by atoms with Crippen LogP contribution in [0.5, 0.6) is 17.2 Å². The van der Waals surface area contributed by atoms with E-state index in [1.807, 2.05) is 26.8 Å². The predicted molar refractivity (Wildman–Crippen MR) is 166 cm³/mol. The highest BCUT2D eigenvalue weighted by molar-refractivity contribution is 6.42. The van der Waals surface area contributed by atoms with Crippen molar-refractivity contribution in [1.82, 2.24) is 24.6 Å². The van der Waals surface area contributed by atoms with Crippen molar-refractivity contribution in [2.24, 2.45) is 5.41 Å². The Labute approximate surface area is 259 Å². The third kappa shape index (κ3) is 6.38. The molecule has 0 bridgehead atoms. The van der Waals surface area contributed by atoms with Gasteiger partial charge in [0.2, 0.25) is 0 Å². The van der Waals surface area contributed by atoms with Crippen LogP contribution in [-0.2, 0) is 11.3 Å². The van der Waals surface area contributed by atoms with E-state index in [2.05, 4.69) is 16.0 Å². The van der Waals surface area contributed by atoms with Crippen LogP contribution in [0.2, 0.25) is 10.0 Å². The lowest BCUT2D eigenvalue weighted by atomic mass is 9.93. The zero-order valence-corrected chi connectivity index (χ0v) is 25.8. The van der Waals surface area contributed by atoms with Crippen molar-refractivity contribution in [3.63, 3.8) is 0 Å². The maximum Gasteiger partial charge on any atom is 0.264 e. The number of nitrogen functional groups attached to an aromatic ring is 1. The monoisotopic (exact) mass is 619 g/mol. The summed E-state index contributed by atoms with van der Waals surface area (Å²) in [5, 5.41) is 16.0. The van der Waals surface area contributed by atoms with Crippen molar-refractivity contribution in [3.8, 4) is 34.6 Å². The molecule has 0 saturated carbocycles. The number of nitrogens with two attached hydrogens (primary N) is 1. The molecule has 1 amide bonds. The number of ether oxygens (including phenoxy) is 2. The smallest absolute Gasteiger partial charge is 0.264 e. The second kappa shape index (κ2) is 12.1. The summed E-state index contributed by atoms with van der Waals surface area (Å²) in [6.45, 7) is 6.82. The van der Waals surface area contributed by atoms with Gasteiger partial charge in [-0.15, -0.1) is 0 Å². The maximum atomic E-state index is 13.4. The van der Waals surface area contributed by atoms with Gasteiger partial charge >= 0.3 is 0 Å². The molecular formula is C31H31Cl2N7O3. The van der Waals surface area contributed by atoms with Crippen LogP contribution < -0.4 is 15.2 Å². The molecule has 43 heavy (non-hydrogen) atoms. The number of aromatic nitrogens is 4. The number of nitriles is 1. The third-order valence-electron chi connectivity index (χ3n) is 7.06. The van der Waals surface area contributed by atoms with Gasteiger partial charge in [-0.1, -0.05) is 50.0 Å². The van der Waals surface area contributed by atoms with Crippen molar-refractivity contribution in [3.05, 3.63) is 64.4 Å². The Morgan fingerprint density at radius 2 is 1.95 bits per heavy atom. The van der Waals surface area contributed by atoms with Gasteiger partial charge in [0.15, 0.2) is 17.1 Å². The summed E-state index contributed by atoms with van der Waals surface area (Å²) in [6.07, 6.45) is 4.71. The summed E-state index contributed by atoms with van der Waals surface area (Å²) in [4.78, 5) is 23.9. The quantitative estimate of drug-likeness (QED) is 0.179. The van der Waals surface area contributed by atoms with E-state index in [1.54, 1.807) is 53.1 Å². The number of hydrogen-bond donors (Lipinski definition) is 1. The molecule has 2 aromatic heterocycles. The average Bonchev–Trinajstić information content (AvgIpc) is 3.59. The van der Waals surface area contributed by atoms with Gasteiger partial charge in [-0.3, -0.25) is 4.79 Å². The molecule has 12 heteroatoms. The van der Waals surface area contributed by atoms with Crippen LogP contribution in [0, 0.1) is 16.7 Å². The molecule has 3 heterocycles. The van der Waals surface area contributed by atoms with Gasteiger partial charge in [0.1, 0.15) is 35.2 Å². The van der Waals surface area contributed by atoms with Gasteiger partial charge in [-0.05, 0) is 48.6 Å². The molecule has 2 aromatic carbocycles. The number of likely N-dealkylation sites (tertiary alicyclic amines) is 1. The van der Waals surface area contributed by atoms with Crippen LogP contribution in [0.25, 0.3) is 22.3 Å². The van der Waals surface area contributed by atoms with Crippen molar-refractivity contribution in [1.29, 1.82) is 5.26 Å². The molecule has 5 rings (SSSR count). The number of nitrogens with zero attached hydrogens (tertiary/aromatic N) is 6. The van der Waals surface area contributed by atoms with Crippen LogP contribution in [0.15, 0.2) is 54.4 Å². The summed E-state index contributed by atoms with van der Waals surface area (Å²) in [5.74, 6) is 1.44. The zero-order valence-electron chi connectivity index (χ0n) is 24.3. The molecular weight excluding hydrogens is 589 g/mol. The molecule has 1 aliphatic rings. The zero-order chi connectivity index (χ0) is 30.9. The minimum Gasteiger partial charge on any atom is -0.493 e. The minimum absolute atomic E-state index is 0.146. The second-order valence-electron chi connectivity index (χ2n) is 11.4. The maximum absolute atomic E-state index is 13.4. The number of rotatable bonds is 7. The molecule has 1 saturated heterocycles. The Morgan fingerprint density at radius 3 is 2.65 bits per heavy atom. The van der Waals surface area contributed by atoms with Crippen LogP contribution in [-0.4, -0.2) is 50.3 Å². The normalized spacial score (nSPS) is 15.5. The highest BCUT2D eigenvalue weighted by atomic mass is 35.5. The van der Waals surface area contributed by atoms with Crippen molar-refractivity contribution >= 4 is 46.0 Å². The number of amides is 1. The van der Waals surface area contributed by atoms with E-state index in [-0.39, 0.29) is 28.8 Å². The van der Waals surface area contributed by atoms with Gasteiger partial charge in [-0.25, -0.2) is 14.6 Å². The molecule has 1 fully saturated rings. The van der Waals surface area contributed by atoms with E-state index in [9.17, 15) is 10.1 Å². The number of fused-ring (bicyclic) bond motifs is 1. The summed E-state index contributed by atoms with van der Waals surface area (Å²) in [5.41, 5.74) is 8.00. The van der Waals surface area contributed by atoms with E-state index in [1.165, 1.54) is 6.33 Å². The Bertz CT molecular complexity index is 1770. The first-order valence-electron chi connectivity index (χ1n) is 13.7. The second-order valence-corrected chi connectivity index (χ2v) is 12.2. The molecule has 2 N–H and O–H groups in total. The van der Waals surface area contributed by atoms with Crippen LogP contribution in [0.3, 0.4) is 0 Å². The molecule has 10 nitrogen and oxygen atoms in total. The molecule has 0 aliphatic carbocycles. The number of carbonyl (C=O) groups excluding carboxylic acids is 1. The number of methoxy groups -OCH3 is 1. The van der Waals surface area contributed by atoms with Gasteiger partial charge in [0.25, 0.3) is 5.91 Å². The fourth-order valence-corrected chi connectivity index (χ4v) is 5.44. The molecule has 4 aromatic rings. The Balaban J connectivity index is 1.48. The van der Waals surface area contributed by atoms with E-state index in [0.29, 0.717) is 62.7 Å². The first kappa shape index (κ1) is 30.1. The lowest BCUT2D eigenvalue weighted by molar-refractivity contribution is -0.127. The Hall–Kier alpha value is -4.33. The molecule has 0 radical (unpaired) electrons. The number of allylic oxidation sites excluding steroid dienone is 1. The number of benzene rings is 2. The highest BCUT2D eigenvalue weighted by Crippen LogP contribution is 2.39. The average molecular weight is 621 g/mol. The lowest BCUT2D eigenvalue weighted by Crippen LogP contribution is -2.39. The largest absolute Gasteiger partial charge is 0.493 e. The topological polar surface area (TPSA) is 132 Å². The molecule has 1 aliphatic heterocycles. The fraction of sp³-hybridized carbons (Fsp3) is 0.323. The van der Waals surface area contributed by atoms with Crippen LogP contribution in [0.1, 0.15) is 33.6 Å². The predicted octanol–water partition coefficient (Wildman–Crippen LogP) is 6.67. The summed E-state index contributed by atoms with van der Waals surface area (Å²) in [7, 11) is 1.55. The Morgan fingerprint density at radius 1 is 1.16 bits per heavy atom. The van der Waals surface area contributed by atoms with Gasteiger partial charge in [0, 0.05) is 18.2 Å². The lowest BCUT2D eigenvalue weighted by Gasteiger charge is -2.25. The number of anilines is 1. The Kier molecular flexibility index (Phi) is 8.49. The highest BCUT2D eigenvalue weighted by Gasteiger charge is 2.33. The first-order valence-corrected chi connectivity index (χ1v) is 14.5. The van der Waals surface area contributed by atoms with E-state index < -0.39 is 0 Å². The fourth-order valence-electron chi connectivity index (χ4n) is 5.15. The molecule has 222 valence electrons. The molecule has 1 atom stereocenters. The van der Waals surface area contributed by atoms with Crippen LogP contribution >= 0.6 is 23.2 Å². The third-order valence-corrected chi connectivity index (χ3v) is 7.80. The molecule has 0 spiro atoms. The van der Waals surface area contributed by atoms with E-state index in [4.69, 9.17) is 43.5 Å². The summed E-state index contributed by atoms with van der Waals surface area (Å²) in [6, 6.07) is 12.3. The van der Waals surface area contributed by atoms with Gasteiger partial charge in [-0.2, -0.15) is 10.4 Å². The standard InChI is InChI=1S/C31H31Cl2N7O3/c1-31(2,3)14-19(15-34)30(41)39-11-5-6-20(39)16-40-29-26(28(35)36-17-37-29)27(38-40)18-7-10-24(25(12-18)42-4)43-21-8-9-22(32)23(33)13-21/h7-10,12-14,17,20H,5-6,11,16H2,1-4H3,(H2,35,36,37). The van der Waals surface area contributed by atoms with Crippen LogP contribution in [0.4, 0.5) is 5.82 Å². The summed E-state index contributed by atoms with van der Waals surface area (Å²) < 4.78 is 13.4. The SMILES string of the molecule is COc1cc(-c2nn(CC3CCCN3C(=O)C(C#N)=CC(C)(C)C)c3ncnc(N)c23)ccc1Oc1ccc(Cl)c(Cl)c1. The van der Waals surface area contributed by atoms with Gasteiger partial charge in [0.05, 0.1) is 35.1 Å². The molecule has 1 unspecified atom stereocenters. The minimum atomic E-state index is -0.305. The summed E-state index contributed by atoms with van der Waals surface area (Å²) >= 11 is 12.2. The van der Waals surface area contributed by atoms with E-state index in [0.717, 1.165) is 12.8 Å². The van der Waals surface area contributed by atoms with Crippen molar-refractivity contribution in [2.45, 2.75) is 46.2 Å². The number of halogens is 2. The van der Waals surface area contributed by atoms with Gasteiger partial charge < -0.3 is 20.1 Å². The van der Waals surface area contributed by atoms with Crippen molar-refractivity contribution < 1.29 is 14.3 Å². The number of carbonyl (C=O) groups is 1. The van der Waals surface area contributed by atoms with E-state index >= 15 is 0 Å². The number of hydrogen-bond acceptors (Lipinski definition) is 8.